The van der Waals surface area contributed by atoms with Gasteiger partial charge in [0.2, 0.25) is 0 Å². The average Bonchev–Trinajstić information content (AvgIpc) is 3.32. The Bertz CT molecular complexity index is 1410. The maximum absolute atomic E-state index is 13.6. The summed E-state index contributed by atoms with van der Waals surface area (Å²) in [5.41, 5.74) is 4.32. The van der Waals surface area contributed by atoms with Crippen LogP contribution in [0.25, 0.3) is 10.9 Å². The van der Waals surface area contributed by atoms with Gasteiger partial charge in [0.25, 0.3) is 5.56 Å². The highest BCUT2D eigenvalue weighted by Crippen LogP contribution is 2.30. The Balaban J connectivity index is 1.79. The van der Waals surface area contributed by atoms with Gasteiger partial charge in [0.1, 0.15) is 5.82 Å². The van der Waals surface area contributed by atoms with Crippen molar-refractivity contribution in [2.75, 3.05) is 0 Å². The van der Waals surface area contributed by atoms with Gasteiger partial charge in [-0.05, 0) is 91.9 Å². The van der Waals surface area contributed by atoms with Crippen LogP contribution in [0.3, 0.4) is 0 Å². The first-order valence-corrected chi connectivity index (χ1v) is 12.5. The summed E-state index contributed by atoms with van der Waals surface area (Å²) in [6, 6.07) is 12.5. The van der Waals surface area contributed by atoms with Crippen LogP contribution in [-0.2, 0) is 18.6 Å². The maximum atomic E-state index is 13.6. The van der Waals surface area contributed by atoms with Crippen molar-refractivity contribution in [3.05, 3.63) is 86.7 Å². The lowest BCUT2D eigenvalue weighted by molar-refractivity contribution is 0.150. The highest BCUT2D eigenvalue weighted by atomic mass is 19.1. The Morgan fingerprint density at radius 1 is 1.08 bits per heavy atom. The van der Waals surface area contributed by atoms with Crippen LogP contribution in [0.4, 0.5) is 4.39 Å². The molecule has 0 spiro atoms. The van der Waals surface area contributed by atoms with E-state index in [4.69, 9.17) is 0 Å². The van der Waals surface area contributed by atoms with Crippen molar-refractivity contribution >= 4 is 10.9 Å². The maximum Gasteiger partial charge on any atom is 0.252 e. The number of H-pyrrole nitrogens is 1. The number of halogens is 1. The molecule has 0 amide bonds. The zero-order chi connectivity index (χ0) is 26.0. The predicted octanol–water partition coefficient (Wildman–Crippen LogP) is 5.57. The first kappa shape index (κ1) is 25.7. The standard InChI is InChI=1S/C28H35FN6O/c1-7-25(26-31-32-33-35(26)28(5,6)8-2)34(16-20-9-11-22(29)12-10-20)17-21-15-23-19(4)13-18(3)14-24(23)30-27(21)36/h9-15,25H,7-8,16-17H2,1-6H3,(H,30,36). The molecule has 4 aromatic rings. The van der Waals surface area contributed by atoms with E-state index in [-0.39, 0.29) is 23.0 Å². The van der Waals surface area contributed by atoms with E-state index < -0.39 is 0 Å². The lowest BCUT2D eigenvalue weighted by Gasteiger charge is -2.33. The third kappa shape index (κ3) is 5.23. The third-order valence-corrected chi connectivity index (χ3v) is 7.12. The van der Waals surface area contributed by atoms with Crippen molar-refractivity contribution in [3.63, 3.8) is 0 Å². The molecule has 190 valence electrons. The predicted molar refractivity (Wildman–Crippen MR) is 140 cm³/mol. The Labute approximate surface area is 211 Å². The summed E-state index contributed by atoms with van der Waals surface area (Å²) in [5.74, 6) is 0.484. The number of rotatable bonds is 9. The topological polar surface area (TPSA) is 79.7 Å². The van der Waals surface area contributed by atoms with Gasteiger partial charge in [-0.15, -0.1) is 5.10 Å². The highest BCUT2D eigenvalue weighted by molar-refractivity contribution is 5.83. The zero-order valence-electron chi connectivity index (χ0n) is 22.0. The van der Waals surface area contributed by atoms with Gasteiger partial charge in [0.05, 0.1) is 11.6 Å². The molecule has 36 heavy (non-hydrogen) atoms. The van der Waals surface area contributed by atoms with E-state index in [2.05, 4.69) is 66.1 Å². The zero-order valence-corrected chi connectivity index (χ0v) is 22.0. The molecule has 0 saturated carbocycles. The van der Waals surface area contributed by atoms with E-state index in [9.17, 15) is 9.18 Å². The number of pyridine rings is 1. The fourth-order valence-electron chi connectivity index (χ4n) is 4.74. The van der Waals surface area contributed by atoms with Crippen LogP contribution < -0.4 is 5.56 Å². The summed E-state index contributed by atoms with van der Waals surface area (Å²) in [5, 5.41) is 13.8. The monoisotopic (exact) mass is 490 g/mol. The fourth-order valence-corrected chi connectivity index (χ4v) is 4.74. The molecule has 0 fully saturated rings. The smallest absolute Gasteiger partial charge is 0.252 e. The van der Waals surface area contributed by atoms with Crippen molar-refractivity contribution < 1.29 is 4.39 Å². The first-order chi connectivity index (χ1) is 17.1. The van der Waals surface area contributed by atoms with E-state index in [0.717, 1.165) is 46.3 Å². The van der Waals surface area contributed by atoms with Crippen molar-refractivity contribution in [2.24, 2.45) is 0 Å². The molecular weight excluding hydrogens is 455 g/mol. The van der Waals surface area contributed by atoms with Gasteiger partial charge in [0, 0.05) is 29.6 Å². The van der Waals surface area contributed by atoms with Crippen LogP contribution in [0, 0.1) is 19.7 Å². The largest absolute Gasteiger partial charge is 0.322 e. The van der Waals surface area contributed by atoms with Crippen molar-refractivity contribution in [3.8, 4) is 0 Å². The van der Waals surface area contributed by atoms with E-state index in [0.29, 0.717) is 18.7 Å². The molecule has 0 aliphatic rings. The summed E-state index contributed by atoms with van der Waals surface area (Å²) in [4.78, 5) is 18.5. The van der Waals surface area contributed by atoms with Gasteiger partial charge in [0.15, 0.2) is 5.82 Å². The molecular formula is C28H35FN6O. The Morgan fingerprint density at radius 2 is 1.81 bits per heavy atom. The molecule has 7 nitrogen and oxygen atoms in total. The SMILES string of the molecule is CCC(c1nnnn1C(C)(C)CC)N(Cc1ccc(F)cc1)Cc1cc2c(C)cc(C)cc2[nH]c1=O. The number of benzene rings is 2. The average molecular weight is 491 g/mol. The normalized spacial score (nSPS) is 13.0. The van der Waals surface area contributed by atoms with Crippen molar-refractivity contribution in [1.82, 2.24) is 30.1 Å². The third-order valence-electron chi connectivity index (χ3n) is 7.12. The van der Waals surface area contributed by atoms with Gasteiger partial charge in [-0.1, -0.05) is 32.0 Å². The molecule has 1 atom stereocenters. The molecule has 1 N–H and O–H groups in total. The number of aromatic amines is 1. The number of nitrogens with one attached hydrogen (secondary N) is 1. The van der Waals surface area contributed by atoms with Gasteiger partial charge < -0.3 is 4.98 Å². The summed E-state index contributed by atoms with van der Waals surface area (Å²) >= 11 is 0. The van der Waals surface area contributed by atoms with Gasteiger partial charge in [-0.25, -0.2) is 9.07 Å². The van der Waals surface area contributed by atoms with Crippen LogP contribution in [0.1, 0.15) is 74.7 Å². The van der Waals surface area contributed by atoms with Gasteiger partial charge >= 0.3 is 0 Å². The number of hydrogen-bond donors (Lipinski definition) is 1. The molecule has 0 bridgehead atoms. The molecule has 2 heterocycles. The Morgan fingerprint density at radius 3 is 2.47 bits per heavy atom. The van der Waals surface area contributed by atoms with Crippen LogP contribution in [-0.4, -0.2) is 30.1 Å². The molecule has 8 heteroatoms. The molecule has 0 saturated heterocycles. The number of hydrogen-bond acceptors (Lipinski definition) is 5. The minimum absolute atomic E-state index is 0.111. The van der Waals surface area contributed by atoms with Crippen molar-refractivity contribution in [1.29, 1.82) is 0 Å². The number of aromatic nitrogens is 5. The lowest BCUT2D eigenvalue weighted by atomic mass is 10.0. The van der Waals surface area contributed by atoms with Gasteiger partial charge in [-0.3, -0.25) is 9.69 Å². The number of fused-ring (bicyclic) bond motifs is 1. The molecule has 2 aromatic carbocycles. The molecule has 0 radical (unpaired) electrons. The Hall–Kier alpha value is -3.39. The summed E-state index contributed by atoms with van der Waals surface area (Å²) in [6.07, 6.45) is 1.60. The van der Waals surface area contributed by atoms with Crippen LogP contribution >= 0.6 is 0 Å². The highest BCUT2D eigenvalue weighted by Gasteiger charge is 2.31. The van der Waals surface area contributed by atoms with E-state index >= 15 is 0 Å². The number of nitrogens with zero attached hydrogens (tertiary/aromatic N) is 5. The van der Waals surface area contributed by atoms with E-state index in [1.54, 1.807) is 12.1 Å². The molecule has 2 aromatic heterocycles. The second kappa shape index (κ2) is 10.3. The summed E-state index contributed by atoms with van der Waals surface area (Å²) < 4.78 is 15.5. The first-order valence-electron chi connectivity index (χ1n) is 12.5. The van der Waals surface area contributed by atoms with Crippen LogP contribution in [0.2, 0.25) is 0 Å². The molecule has 1 unspecified atom stereocenters. The molecule has 4 rings (SSSR count). The fraction of sp³-hybridized carbons (Fsp3) is 0.429. The summed E-state index contributed by atoms with van der Waals surface area (Å²) in [6.45, 7) is 13.4. The number of aryl methyl sites for hydroxylation is 2. The van der Waals surface area contributed by atoms with E-state index in [1.165, 1.54) is 12.1 Å². The van der Waals surface area contributed by atoms with Crippen molar-refractivity contribution in [2.45, 2.75) is 79.1 Å². The van der Waals surface area contributed by atoms with Crippen LogP contribution in [0.5, 0.6) is 0 Å². The second-order valence-electron chi connectivity index (χ2n) is 10.2. The second-order valence-corrected chi connectivity index (χ2v) is 10.2. The minimum Gasteiger partial charge on any atom is -0.322 e. The van der Waals surface area contributed by atoms with Crippen LogP contribution in [0.15, 0.2) is 47.3 Å². The minimum atomic E-state index is -0.275. The molecule has 0 aliphatic carbocycles. The Kier molecular flexibility index (Phi) is 7.36. The molecule has 0 aliphatic heterocycles. The van der Waals surface area contributed by atoms with Gasteiger partial charge in [-0.2, -0.15) is 0 Å². The van der Waals surface area contributed by atoms with E-state index in [1.807, 2.05) is 23.7 Å². The quantitative estimate of drug-likeness (QED) is 0.332. The lowest BCUT2D eigenvalue weighted by Crippen LogP contribution is -2.36. The number of tetrazole rings is 1. The summed E-state index contributed by atoms with van der Waals surface area (Å²) in [7, 11) is 0.